The van der Waals surface area contributed by atoms with E-state index < -0.39 is 0 Å². The lowest BCUT2D eigenvalue weighted by Gasteiger charge is -2.20. The maximum Gasteiger partial charge on any atom is 0.0177 e. The molecule has 98 valence electrons. The molecule has 1 aliphatic heterocycles. The van der Waals surface area contributed by atoms with Gasteiger partial charge in [0.2, 0.25) is 0 Å². The molecule has 0 spiro atoms. The zero-order valence-corrected chi connectivity index (χ0v) is 11.5. The molecular weight excluding hydrogens is 230 g/mol. The minimum absolute atomic E-state index is 0.584. The van der Waals surface area contributed by atoms with Gasteiger partial charge in [-0.15, -0.1) is 0 Å². The van der Waals surface area contributed by atoms with Gasteiger partial charge in [0.25, 0.3) is 0 Å². The number of allylic oxidation sites excluding steroid dienone is 4. The molecule has 0 radical (unpaired) electrons. The van der Waals surface area contributed by atoms with Crippen LogP contribution in [0.3, 0.4) is 0 Å². The zero-order chi connectivity index (χ0) is 13.1. The van der Waals surface area contributed by atoms with Crippen molar-refractivity contribution in [3.63, 3.8) is 0 Å². The van der Waals surface area contributed by atoms with Crippen LogP contribution in [-0.2, 0) is 0 Å². The smallest absolute Gasteiger partial charge is 0.0177 e. The van der Waals surface area contributed by atoms with Crippen LogP contribution in [0.4, 0.5) is 0 Å². The summed E-state index contributed by atoms with van der Waals surface area (Å²) >= 11 is 0. The average molecular weight is 251 g/mol. The molecular formula is C18H21N. The summed E-state index contributed by atoms with van der Waals surface area (Å²) in [6, 6.07) is 8.95. The van der Waals surface area contributed by atoms with Crippen molar-refractivity contribution in [3.05, 3.63) is 65.3 Å². The Morgan fingerprint density at radius 2 is 2.16 bits per heavy atom. The number of benzene rings is 1. The fourth-order valence-electron chi connectivity index (χ4n) is 3.28. The standard InChI is InChI=1S/C18H21N/c1-2-3-4-5-8-16-14-9-6-7-10-15(14)17-11-12-19-13-18(16)17/h2-7,9-10,16,19H,8,11-13H2,1H3/b3-2-,5-4-. The second-order valence-electron chi connectivity index (χ2n) is 5.26. The first kappa shape index (κ1) is 12.4. The molecule has 1 unspecified atom stereocenters. The van der Waals surface area contributed by atoms with Crippen molar-refractivity contribution in [3.8, 4) is 0 Å². The van der Waals surface area contributed by atoms with Gasteiger partial charge in [-0.3, -0.25) is 0 Å². The van der Waals surface area contributed by atoms with Crippen molar-refractivity contribution >= 4 is 5.57 Å². The van der Waals surface area contributed by atoms with Crippen LogP contribution in [-0.4, -0.2) is 13.1 Å². The quantitative estimate of drug-likeness (QED) is 0.799. The van der Waals surface area contributed by atoms with Gasteiger partial charge in [0.15, 0.2) is 0 Å². The van der Waals surface area contributed by atoms with Gasteiger partial charge in [0.05, 0.1) is 0 Å². The van der Waals surface area contributed by atoms with E-state index in [-0.39, 0.29) is 0 Å². The molecule has 1 atom stereocenters. The Hall–Kier alpha value is -1.60. The van der Waals surface area contributed by atoms with Crippen molar-refractivity contribution in [1.29, 1.82) is 0 Å². The van der Waals surface area contributed by atoms with Crippen molar-refractivity contribution in [2.75, 3.05) is 13.1 Å². The van der Waals surface area contributed by atoms with Gasteiger partial charge in [0.1, 0.15) is 0 Å². The molecule has 3 rings (SSSR count). The van der Waals surface area contributed by atoms with Gasteiger partial charge in [-0.2, -0.15) is 0 Å². The van der Waals surface area contributed by atoms with Crippen LogP contribution >= 0.6 is 0 Å². The number of hydrogen-bond donors (Lipinski definition) is 1. The zero-order valence-electron chi connectivity index (χ0n) is 11.5. The molecule has 1 nitrogen and oxygen atoms in total. The summed E-state index contributed by atoms with van der Waals surface area (Å²) in [5, 5.41) is 3.53. The normalized spacial score (nSPS) is 22.3. The van der Waals surface area contributed by atoms with E-state index in [9.17, 15) is 0 Å². The highest BCUT2D eigenvalue weighted by atomic mass is 14.9. The molecule has 0 bridgehead atoms. The van der Waals surface area contributed by atoms with Crippen LogP contribution in [0, 0.1) is 0 Å². The number of hydrogen-bond acceptors (Lipinski definition) is 1. The van der Waals surface area contributed by atoms with E-state index in [1.807, 2.05) is 0 Å². The molecule has 0 saturated heterocycles. The lowest BCUT2D eigenvalue weighted by molar-refractivity contribution is 0.672. The number of rotatable bonds is 3. The van der Waals surface area contributed by atoms with Gasteiger partial charge in [-0.05, 0) is 48.6 Å². The molecule has 0 aromatic heterocycles. The summed E-state index contributed by atoms with van der Waals surface area (Å²) in [6.07, 6.45) is 10.9. The molecule has 0 fully saturated rings. The molecule has 19 heavy (non-hydrogen) atoms. The van der Waals surface area contributed by atoms with Crippen molar-refractivity contribution < 1.29 is 0 Å². The predicted octanol–water partition coefficient (Wildman–Crippen LogP) is 4.05. The van der Waals surface area contributed by atoms with Crippen LogP contribution in [0.15, 0.2) is 54.1 Å². The van der Waals surface area contributed by atoms with Gasteiger partial charge in [-0.1, -0.05) is 48.6 Å². The molecule has 1 heteroatoms. The minimum atomic E-state index is 0.584. The minimum Gasteiger partial charge on any atom is -0.313 e. The highest BCUT2D eigenvalue weighted by Gasteiger charge is 2.30. The van der Waals surface area contributed by atoms with Gasteiger partial charge < -0.3 is 5.32 Å². The fraction of sp³-hybridized carbons (Fsp3) is 0.333. The Morgan fingerprint density at radius 1 is 1.26 bits per heavy atom. The largest absolute Gasteiger partial charge is 0.313 e. The summed E-state index contributed by atoms with van der Waals surface area (Å²) in [6.45, 7) is 4.24. The second-order valence-corrected chi connectivity index (χ2v) is 5.26. The maximum atomic E-state index is 3.53. The van der Waals surface area contributed by atoms with Crippen LogP contribution in [0.5, 0.6) is 0 Å². The fourth-order valence-corrected chi connectivity index (χ4v) is 3.28. The van der Waals surface area contributed by atoms with Gasteiger partial charge in [-0.25, -0.2) is 0 Å². The average Bonchev–Trinajstić information content (AvgIpc) is 2.78. The summed E-state index contributed by atoms with van der Waals surface area (Å²) < 4.78 is 0. The Balaban J connectivity index is 1.92. The van der Waals surface area contributed by atoms with Gasteiger partial charge in [0, 0.05) is 12.5 Å². The number of fused-ring (bicyclic) bond motifs is 2. The Morgan fingerprint density at radius 3 is 3.05 bits per heavy atom. The van der Waals surface area contributed by atoms with Crippen LogP contribution in [0.2, 0.25) is 0 Å². The number of nitrogens with one attached hydrogen (secondary N) is 1. The van der Waals surface area contributed by atoms with E-state index in [0.717, 1.165) is 19.5 Å². The summed E-state index contributed by atoms with van der Waals surface area (Å²) in [5.74, 6) is 0.584. The van der Waals surface area contributed by atoms with E-state index in [4.69, 9.17) is 0 Å². The van der Waals surface area contributed by atoms with Gasteiger partial charge >= 0.3 is 0 Å². The Bertz CT molecular complexity index is 549. The van der Waals surface area contributed by atoms with Crippen molar-refractivity contribution in [2.24, 2.45) is 0 Å². The first-order chi connectivity index (χ1) is 9.42. The van der Waals surface area contributed by atoms with Crippen molar-refractivity contribution in [1.82, 2.24) is 5.32 Å². The van der Waals surface area contributed by atoms with Crippen LogP contribution < -0.4 is 5.32 Å². The summed E-state index contributed by atoms with van der Waals surface area (Å²) in [7, 11) is 0. The summed E-state index contributed by atoms with van der Waals surface area (Å²) in [4.78, 5) is 0. The van der Waals surface area contributed by atoms with Crippen LogP contribution in [0.25, 0.3) is 5.57 Å². The van der Waals surface area contributed by atoms with E-state index in [2.05, 4.69) is 60.8 Å². The highest BCUT2D eigenvalue weighted by Crippen LogP contribution is 2.45. The Labute approximate surface area is 115 Å². The molecule has 1 aromatic carbocycles. The van der Waals surface area contributed by atoms with Crippen molar-refractivity contribution in [2.45, 2.75) is 25.7 Å². The second kappa shape index (κ2) is 5.58. The van der Waals surface area contributed by atoms with E-state index in [1.54, 1.807) is 11.1 Å². The topological polar surface area (TPSA) is 12.0 Å². The lowest BCUT2D eigenvalue weighted by Crippen LogP contribution is -2.24. The predicted molar refractivity (Wildman–Crippen MR) is 82.2 cm³/mol. The molecule has 1 aliphatic carbocycles. The lowest BCUT2D eigenvalue weighted by atomic mass is 9.91. The monoisotopic (exact) mass is 251 g/mol. The molecule has 0 saturated carbocycles. The summed E-state index contributed by atoms with van der Waals surface area (Å²) in [5.41, 5.74) is 6.26. The third-order valence-corrected chi connectivity index (χ3v) is 4.15. The van der Waals surface area contributed by atoms with E-state index in [1.165, 1.54) is 17.5 Å². The first-order valence-electron chi connectivity index (χ1n) is 7.21. The van der Waals surface area contributed by atoms with Crippen LogP contribution in [0.1, 0.15) is 36.8 Å². The Kier molecular flexibility index (Phi) is 3.65. The SMILES string of the molecule is C/C=C\C=C/CC1C2=C(CCNC2)c2ccccc21. The molecule has 0 amide bonds. The molecule has 2 aliphatic rings. The third-order valence-electron chi connectivity index (χ3n) is 4.15. The maximum absolute atomic E-state index is 3.53. The third kappa shape index (κ3) is 2.31. The molecule has 1 aromatic rings. The van der Waals surface area contributed by atoms with E-state index >= 15 is 0 Å². The first-order valence-corrected chi connectivity index (χ1v) is 7.21. The molecule has 1 N–H and O–H groups in total. The van der Waals surface area contributed by atoms with E-state index in [0.29, 0.717) is 5.92 Å². The highest BCUT2D eigenvalue weighted by molar-refractivity contribution is 5.79. The molecule has 1 heterocycles.